The molecule has 0 aliphatic heterocycles. The lowest BCUT2D eigenvalue weighted by Crippen LogP contribution is -1.99. The molecular formula is C15H15ClN4. The second-order valence-corrected chi connectivity index (χ2v) is 5.08. The van der Waals surface area contributed by atoms with Gasteiger partial charge in [-0.25, -0.2) is 4.98 Å². The summed E-state index contributed by atoms with van der Waals surface area (Å²) in [5, 5.41) is 8.00. The van der Waals surface area contributed by atoms with E-state index in [2.05, 4.69) is 33.4 Å². The van der Waals surface area contributed by atoms with E-state index in [1.54, 1.807) is 6.20 Å². The van der Waals surface area contributed by atoms with Gasteiger partial charge in [0.2, 0.25) is 0 Å². The van der Waals surface area contributed by atoms with Crippen LogP contribution in [0, 0.1) is 0 Å². The monoisotopic (exact) mass is 286 g/mol. The Hall–Kier alpha value is -2.07. The summed E-state index contributed by atoms with van der Waals surface area (Å²) in [6.07, 6.45) is 3.50. The first-order valence-corrected chi connectivity index (χ1v) is 7.06. The van der Waals surface area contributed by atoms with Crippen molar-refractivity contribution in [1.29, 1.82) is 0 Å². The zero-order chi connectivity index (χ0) is 13.9. The molecule has 3 N–H and O–H groups in total. The number of alkyl halides is 1. The predicted molar refractivity (Wildman–Crippen MR) is 82.8 cm³/mol. The van der Waals surface area contributed by atoms with E-state index in [4.69, 9.17) is 17.3 Å². The molecule has 5 heteroatoms. The molecule has 20 heavy (non-hydrogen) atoms. The third-order valence-electron chi connectivity index (χ3n) is 3.32. The number of halogens is 1. The molecule has 1 aromatic carbocycles. The molecule has 0 bridgehead atoms. The lowest BCUT2D eigenvalue weighted by atomic mass is 10.0. The van der Waals surface area contributed by atoms with Crippen molar-refractivity contribution in [2.75, 3.05) is 11.6 Å². The van der Waals surface area contributed by atoms with Gasteiger partial charge in [0.15, 0.2) is 0 Å². The largest absolute Gasteiger partial charge is 0.383 e. The van der Waals surface area contributed by atoms with Gasteiger partial charge in [-0.05, 0) is 36.6 Å². The Labute approximate surface area is 122 Å². The van der Waals surface area contributed by atoms with Gasteiger partial charge in [-0.3, -0.25) is 5.10 Å². The molecule has 0 aliphatic carbocycles. The van der Waals surface area contributed by atoms with Crippen molar-refractivity contribution in [3.63, 3.8) is 0 Å². The molecule has 0 amide bonds. The van der Waals surface area contributed by atoms with E-state index in [1.807, 2.05) is 12.1 Å². The number of nitrogens with zero attached hydrogens (tertiary/aromatic N) is 2. The molecule has 0 atom stereocenters. The van der Waals surface area contributed by atoms with Crippen molar-refractivity contribution in [2.24, 2.45) is 0 Å². The molecular weight excluding hydrogens is 272 g/mol. The number of rotatable bonds is 4. The second-order valence-electron chi connectivity index (χ2n) is 4.70. The summed E-state index contributed by atoms with van der Waals surface area (Å²) >= 11 is 5.73. The number of fused-ring (bicyclic) bond motifs is 1. The molecule has 3 rings (SSSR count). The zero-order valence-electron chi connectivity index (χ0n) is 10.9. The predicted octanol–water partition coefficient (Wildman–Crippen LogP) is 3.38. The topological polar surface area (TPSA) is 67.6 Å². The fourth-order valence-electron chi connectivity index (χ4n) is 2.27. The normalized spacial score (nSPS) is 11.1. The van der Waals surface area contributed by atoms with Crippen LogP contribution in [0.4, 0.5) is 5.82 Å². The Balaban J connectivity index is 2.03. The van der Waals surface area contributed by atoms with Gasteiger partial charge in [0.05, 0.1) is 11.2 Å². The fraction of sp³-hybridized carbons (Fsp3) is 0.200. The van der Waals surface area contributed by atoms with Crippen LogP contribution in [-0.4, -0.2) is 21.1 Å². The zero-order valence-corrected chi connectivity index (χ0v) is 11.7. The molecule has 2 heterocycles. The van der Waals surface area contributed by atoms with Crippen LogP contribution in [0.25, 0.3) is 22.2 Å². The number of nitrogens with two attached hydrogens (primary N) is 1. The molecule has 0 radical (unpaired) electrons. The molecule has 0 fully saturated rings. The van der Waals surface area contributed by atoms with Crippen molar-refractivity contribution in [1.82, 2.24) is 15.2 Å². The van der Waals surface area contributed by atoms with E-state index < -0.39 is 0 Å². The molecule has 0 aliphatic rings. The van der Waals surface area contributed by atoms with Gasteiger partial charge in [-0.15, -0.1) is 11.6 Å². The van der Waals surface area contributed by atoms with Crippen LogP contribution in [0.3, 0.4) is 0 Å². The fourth-order valence-corrected chi connectivity index (χ4v) is 2.40. The van der Waals surface area contributed by atoms with Crippen molar-refractivity contribution >= 4 is 28.3 Å². The summed E-state index contributed by atoms with van der Waals surface area (Å²) in [4.78, 5) is 4.50. The van der Waals surface area contributed by atoms with E-state index in [0.29, 0.717) is 11.7 Å². The van der Waals surface area contributed by atoms with E-state index in [0.717, 1.165) is 40.6 Å². The molecule has 0 unspecified atom stereocenters. The minimum absolute atomic E-state index is 0.587. The van der Waals surface area contributed by atoms with E-state index in [-0.39, 0.29) is 0 Å². The molecule has 0 spiro atoms. The Morgan fingerprint density at radius 3 is 2.85 bits per heavy atom. The third kappa shape index (κ3) is 2.47. The summed E-state index contributed by atoms with van der Waals surface area (Å²) in [6, 6.07) is 10.2. The third-order valence-corrected chi connectivity index (χ3v) is 3.59. The number of aromatic nitrogens is 3. The number of aromatic amines is 1. The number of nitrogen functional groups attached to an aromatic ring is 1. The standard InChI is InChI=1S/C15H15ClN4/c16-6-1-2-12-8-10-3-4-11(13-5-7-18-20-13)9-14(10)19-15(12)17/h3-5,7-9H,1-2,6H2,(H2,17,19)(H,18,20). The summed E-state index contributed by atoms with van der Waals surface area (Å²) in [5.41, 5.74) is 10.00. The van der Waals surface area contributed by atoms with Gasteiger partial charge in [0.1, 0.15) is 5.82 Å². The first-order valence-electron chi connectivity index (χ1n) is 6.53. The molecule has 2 aromatic heterocycles. The van der Waals surface area contributed by atoms with Crippen molar-refractivity contribution in [3.05, 3.63) is 42.1 Å². The van der Waals surface area contributed by atoms with E-state index >= 15 is 0 Å². The minimum atomic E-state index is 0.587. The van der Waals surface area contributed by atoms with Crippen LogP contribution in [0.15, 0.2) is 36.5 Å². The van der Waals surface area contributed by atoms with Gasteiger partial charge in [0.25, 0.3) is 0 Å². The van der Waals surface area contributed by atoms with Crippen LogP contribution >= 0.6 is 11.6 Å². The van der Waals surface area contributed by atoms with Crippen LogP contribution in [0.2, 0.25) is 0 Å². The molecule has 0 saturated heterocycles. The Morgan fingerprint density at radius 2 is 2.10 bits per heavy atom. The smallest absolute Gasteiger partial charge is 0.127 e. The van der Waals surface area contributed by atoms with Gasteiger partial charge < -0.3 is 5.73 Å². The summed E-state index contributed by atoms with van der Waals surface area (Å²) in [5.74, 6) is 1.22. The number of H-pyrrole nitrogens is 1. The van der Waals surface area contributed by atoms with Crippen LogP contribution in [0.1, 0.15) is 12.0 Å². The molecule has 0 saturated carbocycles. The van der Waals surface area contributed by atoms with E-state index in [1.165, 1.54) is 0 Å². The van der Waals surface area contributed by atoms with Crippen LogP contribution in [0.5, 0.6) is 0 Å². The van der Waals surface area contributed by atoms with Crippen LogP contribution < -0.4 is 5.73 Å². The number of hydrogen-bond donors (Lipinski definition) is 2. The van der Waals surface area contributed by atoms with Crippen molar-refractivity contribution < 1.29 is 0 Å². The highest BCUT2D eigenvalue weighted by atomic mass is 35.5. The average molecular weight is 287 g/mol. The van der Waals surface area contributed by atoms with Gasteiger partial charge in [-0.2, -0.15) is 5.10 Å². The summed E-state index contributed by atoms with van der Waals surface area (Å²) in [6.45, 7) is 0. The number of aryl methyl sites for hydroxylation is 1. The van der Waals surface area contributed by atoms with Crippen molar-refractivity contribution in [3.8, 4) is 11.3 Å². The molecule has 4 nitrogen and oxygen atoms in total. The first-order chi connectivity index (χ1) is 9.78. The van der Waals surface area contributed by atoms with Crippen LogP contribution in [-0.2, 0) is 6.42 Å². The minimum Gasteiger partial charge on any atom is -0.383 e. The number of hydrogen-bond acceptors (Lipinski definition) is 3. The summed E-state index contributed by atoms with van der Waals surface area (Å²) < 4.78 is 0. The number of anilines is 1. The van der Waals surface area contributed by atoms with Gasteiger partial charge in [-0.1, -0.05) is 12.1 Å². The van der Waals surface area contributed by atoms with Gasteiger partial charge in [0, 0.05) is 23.0 Å². The first kappa shape index (κ1) is 12.9. The average Bonchev–Trinajstić information content (AvgIpc) is 2.98. The molecule has 3 aromatic rings. The maximum Gasteiger partial charge on any atom is 0.127 e. The van der Waals surface area contributed by atoms with E-state index in [9.17, 15) is 0 Å². The lowest BCUT2D eigenvalue weighted by Gasteiger charge is -2.07. The maximum absolute atomic E-state index is 6.02. The number of nitrogens with one attached hydrogen (secondary N) is 1. The SMILES string of the molecule is Nc1nc2cc(-c3ccn[nH]3)ccc2cc1CCCCl. The second kappa shape index (κ2) is 5.51. The molecule has 102 valence electrons. The van der Waals surface area contributed by atoms with Crippen molar-refractivity contribution in [2.45, 2.75) is 12.8 Å². The number of benzene rings is 1. The highest BCUT2D eigenvalue weighted by Gasteiger charge is 2.06. The Kier molecular flexibility index (Phi) is 3.56. The highest BCUT2D eigenvalue weighted by molar-refractivity contribution is 6.17. The number of pyridine rings is 1. The lowest BCUT2D eigenvalue weighted by molar-refractivity contribution is 0.928. The Bertz CT molecular complexity index is 722. The summed E-state index contributed by atoms with van der Waals surface area (Å²) in [7, 11) is 0. The highest BCUT2D eigenvalue weighted by Crippen LogP contribution is 2.25. The maximum atomic E-state index is 6.02. The Morgan fingerprint density at radius 1 is 1.20 bits per heavy atom. The quantitative estimate of drug-likeness (QED) is 0.723. The van der Waals surface area contributed by atoms with Gasteiger partial charge >= 0.3 is 0 Å².